The van der Waals surface area contributed by atoms with Gasteiger partial charge in [0.2, 0.25) is 0 Å². The second-order valence-electron chi connectivity index (χ2n) is 3.40. The van der Waals surface area contributed by atoms with E-state index in [4.69, 9.17) is 9.26 Å². The summed E-state index contributed by atoms with van der Waals surface area (Å²) in [7, 11) is 0. The summed E-state index contributed by atoms with van der Waals surface area (Å²) in [5.41, 5.74) is 0. The molecule has 0 bridgehead atoms. The van der Waals surface area contributed by atoms with Gasteiger partial charge in [-0.05, 0) is 12.8 Å². The molecule has 86 valence electrons. The van der Waals surface area contributed by atoms with Gasteiger partial charge in [-0.1, -0.05) is 25.4 Å². The highest BCUT2D eigenvalue weighted by molar-refractivity contribution is 4.89. The summed E-state index contributed by atoms with van der Waals surface area (Å²) in [4.78, 5) is 4.05. The molecule has 0 aliphatic rings. The normalized spacial score (nSPS) is 13.0. The number of rotatable bonds is 7. The van der Waals surface area contributed by atoms with Crippen LogP contribution in [0.4, 0.5) is 0 Å². The van der Waals surface area contributed by atoms with Crippen molar-refractivity contribution in [2.45, 2.75) is 45.8 Å². The molecule has 0 aromatic carbocycles. The van der Waals surface area contributed by atoms with E-state index in [1.165, 1.54) is 0 Å². The average Bonchev–Trinajstić information content (AvgIpc) is 2.67. The van der Waals surface area contributed by atoms with Crippen molar-refractivity contribution in [3.05, 3.63) is 11.7 Å². The van der Waals surface area contributed by atoms with Gasteiger partial charge in [-0.3, -0.25) is 0 Å². The van der Waals surface area contributed by atoms with Crippen LogP contribution in [-0.2, 0) is 11.3 Å². The highest BCUT2D eigenvalue weighted by Gasteiger charge is 2.14. The molecule has 0 fully saturated rings. The van der Waals surface area contributed by atoms with Crippen LogP contribution in [0.3, 0.4) is 0 Å². The lowest BCUT2D eigenvalue weighted by Crippen LogP contribution is -2.00. The third-order valence-electron chi connectivity index (χ3n) is 1.92. The summed E-state index contributed by atoms with van der Waals surface area (Å²) in [6, 6.07) is 0. The second-order valence-corrected chi connectivity index (χ2v) is 3.40. The molecule has 0 aliphatic carbocycles. The first-order valence-corrected chi connectivity index (χ1v) is 5.36. The van der Waals surface area contributed by atoms with Gasteiger partial charge >= 0.3 is 0 Å². The summed E-state index contributed by atoms with van der Waals surface area (Å²) >= 11 is 0. The minimum Gasteiger partial charge on any atom is -0.385 e. The number of aromatic nitrogens is 2. The number of hydrogen-bond donors (Lipinski definition) is 1. The zero-order valence-corrected chi connectivity index (χ0v) is 9.27. The zero-order valence-electron chi connectivity index (χ0n) is 9.27. The van der Waals surface area contributed by atoms with Gasteiger partial charge in [0.05, 0.1) is 0 Å². The fraction of sp³-hybridized carbons (Fsp3) is 0.800. The highest BCUT2D eigenvalue weighted by Crippen LogP contribution is 2.14. The van der Waals surface area contributed by atoms with E-state index >= 15 is 0 Å². The molecule has 0 saturated heterocycles. The topological polar surface area (TPSA) is 68.4 Å². The largest absolute Gasteiger partial charge is 0.385 e. The Morgan fingerprint density at radius 1 is 1.40 bits per heavy atom. The summed E-state index contributed by atoms with van der Waals surface area (Å²) < 4.78 is 10.2. The molecule has 0 aliphatic heterocycles. The molecule has 1 heterocycles. The first-order chi connectivity index (χ1) is 7.27. The minimum absolute atomic E-state index is 0.319. The van der Waals surface area contributed by atoms with Crippen LogP contribution in [0.2, 0.25) is 0 Å². The molecule has 1 aromatic heterocycles. The van der Waals surface area contributed by atoms with Crippen molar-refractivity contribution in [1.82, 2.24) is 10.1 Å². The Bertz CT molecular complexity index is 275. The fourth-order valence-corrected chi connectivity index (χ4v) is 1.17. The molecule has 5 heteroatoms. The number of nitrogens with zero attached hydrogens (tertiary/aromatic N) is 2. The van der Waals surface area contributed by atoms with Crippen molar-refractivity contribution in [3.8, 4) is 0 Å². The van der Waals surface area contributed by atoms with Gasteiger partial charge in [0.1, 0.15) is 12.7 Å². The van der Waals surface area contributed by atoms with E-state index in [0.29, 0.717) is 31.3 Å². The molecule has 1 N–H and O–H groups in total. The highest BCUT2D eigenvalue weighted by atomic mass is 16.5. The molecule has 1 aromatic rings. The lowest BCUT2D eigenvalue weighted by molar-refractivity contribution is 0.0980. The van der Waals surface area contributed by atoms with Crippen LogP contribution in [0.25, 0.3) is 0 Å². The number of hydrogen-bond acceptors (Lipinski definition) is 5. The predicted octanol–water partition coefficient (Wildman–Crippen LogP) is 1.83. The maximum absolute atomic E-state index is 9.58. The fourth-order valence-electron chi connectivity index (χ4n) is 1.17. The van der Waals surface area contributed by atoms with Crippen molar-refractivity contribution >= 4 is 0 Å². The quantitative estimate of drug-likeness (QED) is 0.701. The van der Waals surface area contributed by atoms with Crippen LogP contribution in [0, 0.1) is 0 Å². The Balaban J connectivity index is 2.41. The number of ether oxygens (including phenoxy) is 1. The van der Waals surface area contributed by atoms with Gasteiger partial charge < -0.3 is 14.4 Å². The third kappa shape index (κ3) is 3.97. The molecule has 5 nitrogen and oxygen atoms in total. The SMILES string of the molecule is CCCOCc1nc(C(O)CCC)no1. The van der Waals surface area contributed by atoms with Crippen molar-refractivity contribution in [1.29, 1.82) is 0 Å². The van der Waals surface area contributed by atoms with Gasteiger partial charge in [0.15, 0.2) is 5.82 Å². The van der Waals surface area contributed by atoms with E-state index in [9.17, 15) is 5.11 Å². The molecule has 0 amide bonds. The Kier molecular flexibility index (Phi) is 5.28. The Hall–Kier alpha value is -0.940. The smallest absolute Gasteiger partial charge is 0.252 e. The van der Waals surface area contributed by atoms with E-state index in [1.807, 2.05) is 13.8 Å². The summed E-state index contributed by atoms with van der Waals surface area (Å²) in [5, 5.41) is 13.3. The Morgan fingerprint density at radius 2 is 2.20 bits per heavy atom. The van der Waals surface area contributed by atoms with Crippen LogP contribution < -0.4 is 0 Å². The van der Waals surface area contributed by atoms with E-state index in [-0.39, 0.29) is 0 Å². The van der Waals surface area contributed by atoms with Crippen LogP contribution in [0.1, 0.15) is 50.9 Å². The van der Waals surface area contributed by atoms with Gasteiger partial charge in [-0.25, -0.2) is 0 Å². The van der Waals surface area contributed by atoms with E-state index in [1.54, 1.807) is 0 Å². The van der Waals surface area contributed by atoms with Crippen molar-refractivity contribution in [2.24, 2.45) is 0 Å². The lowest BCUT2D eigenvalue weighted by atomic mass is 10.2. The zero-order chi connectivity index (χ0) is 11.1. The van der Waals surface area contributed by atoms with E-state index < -0.39 is 6.10 Å². The average molecular weight is 214 g/mol. The van der Waals surface area contributed by atoms with Crippen LogP contribution in [-0.4, -0.2) is 21.9 Å². The molecule has 1 unspecified atom stereocenters. The van der Waals surface area contributed by atoms with Gasteiger partial charge in [0, 0.05) is 6.61 Å². The maximum atomic E-state index is 9.58. The lowest BCUT2D eigenvalue weighted by Gasteiger charge is -2.01. The molecule has 1 rings (SSSR count). The van der Waals surface area contributed by atoms with Gasteiger partial charge in [-0.15, -0.1) is 0 Å². The summed E-state index contributed by atoms with van der Waals surface area (Å²) in [5.74, 6) is 0.778. The standard InChI is InChI=1S/C10H18N2O3/c1-3-5-8(13)10-11-9(15-12-10)7-14-6-4-2/h8,13H,3-7H2,1-2H3. The first kappa shape index (κ1) is 12.1. The first-order valence-electron chi connectivity index (χ1n) is 5.36. The van der Waals surface area contributed by atoms with E-state index in [0.717, 1.165) is 12.8 Å². The monoisotopic (exact) mass is 214 g/mol. The second kappa shape index (κ2) is 6.53. The van der Waals surface area contributed by atoms with Crippen LogP contribution in [0.15, 0.2) is 4.52 Å². The van der Waals surface area contributed by atoms with Gasteiger partial charge in [0.25, 0.3) is 5.89 Å². The van der Waals surface area contributed by atoms with Crippen molar-refractivity contribution < 1.29 is 14.4 Å². The number of aliphatic hydroxyl groups is 1. The molecule has 1 atom stereocenters. The number of aliphatic hydroxyl groups excluding tert-OH is 1. The predicted molar refractivity (Wildman–Crippen MR) is 54.1 cm³/mol. The third-order valence-corrected chi connectivity index (χ3v) is 1.92. The molecule has 0 saturated carbocycles. The van der Waals surface area contributed by atoms with Crippen molar-refractivity contribution in [3.63, 3.8) is 0 Å². The Morgan fingerprint density at radius 3 is 2.87 bits per heavy atom. The maximum Gasteiger partial charge on any atom is 0.252 e. The molecule has 15 heavy (non-hydrogen) atoms. The van der Waals surface area contributed by atoms with Gasteiger partial charge in [-0.2, -0.15) is 4.98 Å². The Labute approximate surface area is 89.4 Å². The summed E-state index contributed by atoms with van der Waals surface area (Å²) in [6.45, 7) is 5.02. The van der Waals surface area contributed by atoms with Crippen LogP contribution in [0.5, 0.6) is 0 Å². The summed E-state index contributed by atoms with van der Waals surface area (Å²) in [6.07, 6.45) is 1.87. The van der Waals surface area contributed by atoms with Crippen molar-refractivity contribution in [2.75, 3.05) is 6.61 Å². The molecular formula is C10H18N2O3. The minimum atomic E-state index is -0.626. The van der Waals surface area contributed by atoms with Crippen LogP contribution >= 0.6 is 0 Å². The molecule has 0 radical (unpaired) electrons. The molecule has 0 spiro atoms. The molecular weight excluding hydrogens is 196 g/mol. The van der Waals surface area contributed by atoms with E-state index in [2.05, 4.69) is 10.1 Å².